The maximum Gasteiger partial charge on any atom is 0.154 e. The van der Waals surface area contributed by atoms with Gasteiger partial charge in [-0.2, -0.15) is 0 Å². The van der Waals surface area contributed by atoms with E-state index < -0.39 is 4.87 Å². The first-order valence-electron chi connectivity index (χ1n) is 4.31. The summed E-state index contributed by atoms with van der Waals surface area (Å²) < 4.78 is 0. The van der Waals surface area contributed by atoms with E-state index in [1.807, 2.05) is 18.2 Å². The molecule has 14 heavy (non-hydrogen) atoms. The second-order valence-corrected chi connectivity index (χ2v) is 4.34. The van der Waals surface area contributed by atoms with Crippen LogP contribution in [0.1, 0.15) is 16.7 Å². The summed E-state index contributed by atoms with van der Waals surface area (Å²) in [6.07, 6.45) is 0.819. The highest BCUT2D eigenvalue weighted by molar-refractivity contribution is 7.82. The zero-order chi connectivity index (χ0) is 10.2. The number of aldehydes is 1. The van der Waals surface area contributed by atoms with Crippen molar-refractivity contribution in [3.63, 3.8) is 0 Å². The van der Waals surface area contributed by atoms with E-state index in [0.717, 1.165) is 23.0 Å². The minimum Gasteiger partial charge on any atom is -0.300 e. The van der Waals surface area contributed by atoms with Gasteiger partial charge in [0.25, 0.3) is 0 Å². The average Bonchev–Trinajstić information content (AvgIpc) is 2.57. The molecule has 1 aromatic rings. The van der Waals surface area contributed by atoms with Crippen molar-refractivity contribution < 1.29 is 4.79 Å². The van der Waals surface area contributed by atoms with E-state index >= 15 is 0 Å². The highest BCUT2D eigenvalue weighted by Gasteiger charge is 2.34. The molecule has 0 amide bonds. The van der Waals surface area contributed by atoms with E-state index in [9.17, 15) is 4.79 Å². The average molecular weight is 228 g/mol. The van der Waals surface area contributed by atoms with Crippen LogP contribution in [0.25, 0.3) is 0 Å². The smallest absolute Gasteiger partial charge is 0.154 e. The van der Waals surface area contributed by atoms with Crippen LogP contribution in [0.2, 0.25) is 0 Å². The lowest BCUT2D eigenvalue weighted by Gasteiger charge is -2.16. The Kier molecular flexibility index (Phi) is 2.56. The molecule has 0 aliphatic carbocycles. The van der Waals surface area contributed by atoms with Crippen molar-refractivity contribution in [3.8, 4) is 0 Å². The van der Waals surface area contributed by atoms with Gasteiger partial charge in [0.05, 0.1) is 0 Å². The lowest BCUT2D eigenvalue weighted by atomic mass is 10.0. The SMILES string of the molecule is O=CC1(S)NCc2ccc(CCl)cc21. The fourth-order valence-corrected chi connectivity index (χ4v) is 2.10. The molecule has 0 fully saturated rings. The van der Waals surface area contributed by atoms with Crippen LogP contribution in [0.4, 0.5) is 0 Å². The molecule has 1 aliphatic heterocycles. The van der Waals surface area contributed by atoms with E-state index in [1.54, 1.807) is 0 Å². The van der Waals surface area contributed by atoms with E-state index in [4.69, 9.17) is 11.6 Å². The second-order valence-electron chi connectivity index (χ2n) is 3.36. The first kappa shape index (κ1) is 10.0. The summed E-state index contributed by atoms with van der Waals surface area (Å²) in [5, 5.41) is 3.05. The Morgan fingerprint density at radius 3 is 3.07 bits per heavy atom. The van der Waals surface area contributed by atoms with Crippen LogP contribution in [0, 0.1) is 0 Å². The van der Waals surface area contributed by atoms with E-state index in [2.05, 4.69) is 17.9 Å². The Hall–Kier alpha value is -0.510. The number of hydrogen-bond donors (Lipinski definition) is 2. The zero-order valence-corrected chi connectivity index (χ0v) is 9.11. The van der Waals surface area contributed by atoms with Gasteiger partial charge in [0.15, 0.2) is 6.29 Å². The number of rotatable bonds is 2. The summed E-state index contributed by atoms with van der Waals surface area (Å²) in [5.41, 5.74) is 3.05. The van der Waals surface area contributed by atoms with Gasteiger partial charge in [0.2, 0.25) is 0 Å². The third-order valence-electron chi connectivity index (χ3n) is 2.46. The van der Waals surface area contributed by atoms with Gasteiger partial charge in [-0.25, -0.2) is 0 Å². The number of alkyl halides is 1. The summed E-state index contributed by atoms with van der Waals surface area (Å²) in [5.74, 6) is 0.454. The molecule has 0 radical (unpaired) electrons. The van der Waals surface area contributed by atoms with Crippen LogP contribution in [-0.4, -0.2) is 6.29 Å². The Morgan fingerprint density at radius 2 is 2.43 bits per heavy atom. The topological polar surface area (TPSA) is 29.1 Å². The lowest BCUT2D eigenvalue weighted by molar-refractivity contribution is -0.110. The minimum atomic E-state index is -0.836. The van der Waals surface area contributed by atoms with Crippen molar-refractivity contribution in [2.45, 2.75) is 17.3 Å². The minimum absolute atomic E-state index is 0.454. The van der Waals surface area contributed by atoms with Crippen LogP contribution in [-0.2, 0) is 22.1 Å². The predicted molar refractivity (Wildman–Crippen MR) is 59.6 cm³/mol. The maximum atomic E-state index is 10.9. The number of fused-ring (bicyclic) bond motifs is 1. The van der Waals surface area contributed by atoms with Gasteiger partial charge in [-0.05, 0) is 16.7 Å². The monoisotopic (exact) mass is 227 g/mol. The van der Waals surface area contributed by atoms with Crippen molar-refractivity contribution in [3.05, 3.63) is 34.9 Å². The van der Waals surface area contributed by atoms with Crippen molar-refractivity contribution in [1.29, 1.82) is 0 Å². The number of halogens is 1. The standard InChI is InChI=1S/C10H10ClNOS/c11-4-7-1-2-8-5-12-10(14,6-13)9(8)3-7/h1-3,6,12,14H,4-5H2. The molecule has 0 aromatic heterocycles. The number of thiol groups is 1. The molecule has 1 aromatic carbocycles. The molecule has 1 atom stereocenters. The molecule has 74 valence electrons. The second kappa shape index (κ2) is 3.57. The molecule has 2 rings (SSSR count). The van der Waals surface area contributed by atoms with Crippen LogP contribution >= 0.6 is 24.2 Å². The molecular formula is C10H10ClNOS. The molecule has 1 unspecified atom stereocenters. The summed E-state index contributed by atoms with van der Waals surface area (Å²) in [6, 6.07) is 5.89. The van der Waals surface area contributed by atoms with Gasteiger partial charge < -0.3 is 0 Å². The predicted octanol–water partition coefficient (Wildman–Crippen LogP) is 1.81. The normalized spacial score (nSPS) is 24.7. The van der Waals surface area contributed by atoms with Gasteiger partial charge in [0.1, 0.15) is 4.87 Å². The number of hydrogen-bond acceptors (Lipinski definition) is 3. The summed E-state index contributed by atoms with van der Waals surface area (Å²) in [6.45, 7) is 0.681. The summed E-state index contributed by atoms with van der Waals surface area (Å²) in [4.78, 5) is 10.1. The molecule has 0 saturated carbocycles. The van der Waals surface area contributed by atoms with E-state index in [1.165, 1.54) is 0 Å². The van der Waals surface area contributed by atoms with Gasteiger partial charge >= 0.3 is 0 Å². The zero-order valence-electron chi connectivity index (χ0n) is 7.46. The third kappa shape index (κ3) is 1.45. The molecule has 0 saturated heterocycles. The first-order valence-corrected chi connectivity index (χ1v) is 5.30. The highest BCUT2D eigenvalue weighted by Crippen LogP contribution is 2.33. The van der Waals surface area contributed by atoms with Crippen LogP contribution < -0.4 is 5.32 Å². The number of carbonyl (C=O) groups is 1. The quantitative estimate of drug-likeness (QED) is 0.459. The fraction of sp³-hybridized carbons (Fsp3) is 0.300. The van der Waals surface area contributed by atoms with Crippen LogP contribution in [0.15, 0.2) is 18.2 Å². The van der Waals surface area contributed by atoms with Crippen molar-refractivity contribution >= 4 is 30.5 Å². The molecule has 1 heterocycles. The molecule has 0 bridgehead atoms. The van der Waals surface area contributed by atoms with Gasteiger partial charge in [-0.3, -0.25) is 10.1 Å². The van der Waals surface area contributed by atoms with Crippen molar-refractivity contribution in [2.75, 3.05) is 0 Å². The highest BCUT2D eigenvalue weighted by atomic mass is 35.5. The van der Waals surface area contributed by atoms with Crippen molar-refractivity contribution in [1.82, 2.24) is 5.32 Å². The van der Waals surface area contributed by atoms with Crippen LogP contribution in [0.3, 0.4) is 0 Å². The maximum absolute atomic E-state index is 10.9. The summed E-state index contributed by atoms with van der Waals surface area (Å²) in [7, 11) is 0. The Balaban J connectivity index is 2.52. The number of nitrogens with one attached hydrogen (secondary N) is 1. The molecule has 4 heteroatoms. The van der Waals surface area contributed by atoms with Crippen LogP contribution in [0.5, 0.6) is 0 Å². The fourth-order valence-electron chi connectivity index (χ4n) is 1.65. The molecule has 1 aliphatic rings. The van der Waals surface area contributed by atoms with Gasteiger partial charge in [0, 0.05) is 12.4 Å². The molecular weight excluding hydrogens is 218 g/mol. The molecule has 2 nitrogen and oxygen atoms in total. The van der Waals surface area contributed by atoms with Crippen molar-refractivity contribution in [2.24, 2.45) is 0 Å². The Morgan fingerprint density at radius 1 is 1.64 bits per heavy atom. The molecule has 1 N–H and O–H groups in total. The summed E-state index contributed by atoms with van der Waals surface area (Å²) >= 11 is 10.1. The first-order chi connectivity index (χ1) is 6.69. The Bertz CT molecular complexity index is 382. The third-order valence-corrected chi connectivity index (χ3v) is 3.27. The van der Waals surface area contributed by atoms with E-state index in [-0.39, 0.29) is 0 Å². The number of carbonyl (C=O) groups excluding carboxylic acids is 1. The van der Waals surface area contributed by atoms with Gasteiger partial charge in [-0.1, -0.05) is 18.2 Å². The number of benzene rings is 1. The largest absolute Gasteiger partial charge is 0.300 e. The lowest BCUT2D eigenvalue weighted by Crippen LogP contribution is -2.31. The molecule has 0 spiro atoms. The Labute approximate surface area is 93.1 Å². The van der Waals surface area contributed by atoms with E-state index in [0.29, 0.717) is 12.4 Å². The van der Waals surface area contributed by atoms with Gasteiger partial charge in [-0.15, -0.1) is 24.2 Å².